The van der Waals surface area contributed by atoms with Crippen molar-refractivity contribution in [1.82, 2.24) is 15.5 Å². The summed E-state index contributed by atoms with van der Waals surface area (Å²) in [6, 6.07) is 8.52. The minimum atomic E-state index is -0.0888. The molecule has 2 aliphatic rings. The molecule has 1 aliphatic heterocycles. The van der Waals surface area contributed by atoms with Gasteiger partial charge in [0.15, 0.2) is 5.82 Å². The van der Waals surface area contributed by atoms with Gasteiger partial charge in [-0.15, -0.1) is 0 Å². The molecule has 104 valence electrons. The van der Waals surface area contributed by atoms with Crippen molar-refractivity contribution >= 4 is 0 Å². The Bertz CT molecular complexity index is 628. The van der Waals surface area contributed by atoms with Crippen LogP contribution in [0.3, 0.4) is 0 Å². The van der Waals surface area contributed by atoms with Crippen LogP contribution in [0.25, 0.3) is 0 Å². The number of benzene rings is 1. The van der Waals surface area contributed by atoms with Crippen LogP contribution in [0.4, 0.5) is 0 Å². The lowest BCUT2D eigenvalue weighted by Crippen LogP contribution is -2.36. The highest BCUT2D eigenvalue weighted by Crippen LogP contribution is 2.40. The second-order valence-electron chi connectivity index (χ2n) is 5.88. The first-order chi connectivity index (χ1) is 9.82. The smallest absolute Gasteiger partial charge is 0.246 e. The Morgan fingerprint density at radius 1 is 1.40 bits per heavy atom. The van der Waals surface area contributed by atoms with E-state index in [9.17, 15) is 0 Å². The van der Waals surface area contributed by atoms with Crippen molar-refractivity contribution in [2.75, 3.05) is 6.54 Å². The van der Waals surface area contributed by atoms with Gasteiger partial charge in [-0.05, 0) is 43.4 Å². The van der Waals surface area contributed by atoms with Crippen molar-refractivity contribution in [3.63, 3.8) is 0 Å². The first-order valence-corrected chi connectivity index (χ1v) is 7.49. The van der Waals surface area contributed by atoms with E-state index in [-0.39, 0.29) is 5.54 Å². The van der Waals surface area contributed by atoms with Crippen molar-refractivity contribution in [2.45, 2.75) is 44.1 Å². The number of hydrogen-bond donors (Lipinski definition) is 1. The zero-order valence-corrected chi connectivity index (χ0v) is 11.7. The van der Waals surface area contributed by atoms with Crippen LogP contribution in [0.2, 0.25) is 0 Å². The third-order valence-electron chi connectivity index (χ3n) is 4.86. The number of nitrogens with one attached hydrogen (secondary N) is 1. The summed E-state index contributed by atoms with van der Waals surface area (Å²) >= 11 is 0. The fraction of sp³-hybridized carbons (Fsp3) is 0.500. The summed E-state index contributed by atoms with van der Waals surface area (Å²) in [6.45, 7) is 3.22. The van der Waals surface area contributed by atoms with Gasteiger partial charge < -0.3 is 9.84 Å². The van der Waals surface area contributed by atoms with Crippen LogP contribution in [-0.4, -0.2) is 16.7 Å². The monoisotopic (exact) mass is 269 g/mol. The minimum Gasteiger partial charge on any atom is -0.337 e. The van der Waals surface area contributed by atoms with Crippen LogP contribution in [-0.2, 0) is 12.0 Å². The van der Waals surface area contributed by atoms with E-state index in [4.69, 9.17) is 9.51 Å². The molecule has 2 atom stereocenters. The molecule has 2 aromatic rings. The normalized spacial score (nSPS) is 28.1. The lowest BCUT2D eigenvalue weighted by Gasteiger charge is -2.27. The van der Waals surface area contributed by atoms with Gasteiger partial charge in [0.1, 0.15) is 0 Å². The predicted octanol–water partition coefficient (Wildman–Crippen LogP) is 2.75. The summed E-state index contributed by atoms with van der Waals surface area (Å²) in [4.78, 5) is 4.72. The fourth-order valence-corrected chi connectivity index (χ4v) is 3.50. The van der Waals surface area contributed by atoms with Crippen molar-refractivity contribution in [3.05, 3.63) is 47.1 Å². The number of hydrogen-bond acceptors (Lipinski definition) is 4. The third kappa shape index (κ3) is 1.64. The second-order valence-corrected chi connectivity index (χ2v) is 5.88. The maximum atomic E-state index is 5.59. The molecule has 1 aromatic carbocycles. The second kappa shape index (κ2) is 4.42. The molecule has 20 heavy (non-hydrogen) atoms. The Morgan fingerprint density at radius 2 is 2.30 bits per heavy atom. The SMILES string of the molecule is CCC1(c2nc(C3Cc4ccccc43)no2)CCCN1. The van der Waals surface area contributed by atoms with E-state index in [0.717, 1.165) is 37.5 Å². The Kier molecular flexibility index (Phi) is 2.67. The highest BCUT2D eigenvalue weighted by Gasteiger charge is 2.40. The Morgan fingerprint density at radius 3 is 3.05 bits per heavy atom. The Labute approximate surface area is 118 Å². The Balaban J connectivity index is 1.64. The van der Waals surface area contributed by atoms with E-state index in [1.165, 1.54) is 17.5 Å². The molecular weight excluding hydrogens is 250 g/mol. The van der Waals surface area contributed by atoms with Gasteiger partial charge in [0, 0.05) is 0 Å². The lowest BCUT2D eigenvalue weighted by atomic mass is 9.77. The molecule has 0 radical (unpaired) electrons. The van der Waals surface area contributed by atoms with Gasteiger partial charge in [0.2, 0.25) is 5.89 Å². The zero-order valence-electron chi connectivity index (χ0n) is 11.7. The van der Waals surface area contributed by atoms with E-state index >= 15 is 0 Å². The van der Waals surface area contributed by atoms with Crippen LogP contribution in [0.15, 0.2) is 28.8 Å². The molecule has 0 saturated carbocycles. The third-order valence-corrected chi connectivity index (χ3v) is 4.86. The Hall–Kier alpha value is -1.68. The summed E-state index contributed by atoms with van der Waals surface area (Å²) in [6.07, 6.45) is 4.29. The highest BCUT2D eigenvalue weighted by atomic mass is 16.5. The molecule has 0 amide bonds. The standard InChI is InChI=1S/C16H19N3O/c1-2-16(8-5-9-17-16)15-18-14(19-20-15)13-10-11-6-3-4-7-12(11)13/h3-4,6-7,13,17H,2,5,8-10H2,1H3. The molecule has 4 rings (SSSR count). The molecule has 2 unspecified atom stereocenters. The van der Waals surface area contributed by atoms with Crippen LogP contribution >= 0.6 is 0 Å². The number of nitrogens with zero attached hydrogens (tertiary/aromatic N) is 2. The summed E-state index contributed by atoms with van der Waals surface area (Å²) in [7, 11) is 0. The molecule has 1 aliphatic carbocycles. The lowest BCUT2D eigenvalue weighted by molar-refractivity contribution is 0.249. The zero-order chi connectivity index (χ0) is 13.6. The molecule has 4 heteroatoms. The fourth-order valence-electron chi connectivity index (χ4n) is 3.50. The molecule has 4 nitrogen and oxygen atoms in total. The molecule has 0 spiro atoms. The van der Waals surface area contributed by atoms with Crippen molar-refractivity contribution < 1.29 is 4.52 Å². The van der Waals surface area contributed by atoms with Gasteiger partial charge in [-0.1, -0.05) is 36.3 Å². The summed E-state index contributed by atoms with van der Waals surface area (Å²) < 4.78 is 5.59. The maximum Gasteiger partial charge on any atom is 0.246 e. The van der Waals surface area contributed by atoms with Crippen LogP contribution in [0, 0.1) is 0 Å². The van der Waals surface area contributed by atoms with Crippen LogP contribution < -0.4 is 5.32 Å². The predicted molar refractivity (Wildman–Crippen MR) is 75.5 cm³/mol. The van der Waals surface area contributed by atoms with E-state index in [2.05, 4.69) is 41.7 Å². The van der Waals surface area contributed by atoms with Gasteiger partial charge in [-0.3, -0.25) is 0 Å². The number of rotatable bonds is 3. The van der Waals surface area contributed by atoms with Gasteiger partial charge in [0.05, 0.1) is 11.5 Å². The number of aromatic nitrogens is 2. The van der Waals surface area contributed by atoms with Crippen molar-refractivity contribution in [2.24, 2.45) is 0 Å². The minimum absolute atomic E-state index is 0.0888. The molecule has 1 aromatic heterocycles. The van der Waals surface area contributed by atoms with Crippen molar-refractivity contribution in [3.8, 4) is 0 Å². The van der Waals surface area contributed by atoms with Gasteiger partial charge in [0.25, 0.3) is 0 Å². The molecule has 1 N–H and O–H groups in total. The van der Waals surface area contributed by atoms with Gasteiger partial charge in [-0.25, -0.2) is 0 Å². The van der Waals surface area contributed by atoms with Gasteiger partial charge >= 0.3 is 0 Å². The molecule has 1 saturated heterocycles. The maximum absolute atomic E-state index is 5.59. The average molecular weight is 269 g/mol. The first-order valence-electron chi connectivity index (χ1n) is 7.49. The van der Waals surface area contributed by atoms with E-state index in [0.29, 0.717) is 5.92 Å². The summed E-state index contributed by atoms with van der Waals surface area (Å²) in [5, 5.41) is 7.80. The molecule has 2 heterocycles. The molecule has 0 bridgehead atoms. The van der Waals surface area contributed by atoms with Gasteiger partial charge in [-0.2, -0.15) is 4.98 Å². The summed E-state index contributed by atoms with van der Waals surface area (Å²) in [5.74, 6) is 1.94. The van der Waals surface area contributed by atoms with E-state index < -0.39 is 0 Å². The highest BCUT2D eigenvalue weighted by molar-refractivity contribution is 5.43. The molecule has 1 fully saturated rings. The summed E-state index contributed by atoms with van der Waals surface area (Å²) in [5.41, 5.74) is 2.67. The van der Waals surface area contributed by atoms with E-state index in [1.807, 2.05) is 0 Å². The first kappa shape index (κ1) is 12.1. The van der Waals surface area contributed by atoms with Crippen LogP contribution in [0.5, 0.6) is 0 Å². The average Bonchev–Trinajstić information content (AvgIpc) is 3.09. The largest absolute Gasteiger partial charge is 0.337 e. The number of fused-ring (bicyclic) bond motifs is 1. The van der Waals surface area contributed by atoms with Crippen LogP contribution in [0.1, 0.15) is 54.9 Å². The molecular formula is C16H19N3O. The quantitative estimate of drug-likeness (QED) is 0.931. The van der Waals surface area contributed by atoms with Crippen molar-refractivity contribution in [1.29, 1.82) is 0 Å². The topological polar surface area (TPSA) is 51.0 Å². The van der Waals surface area contributed by atoms with E-state index in [1.54, 1.807) is 0 Å².